The van der Waals surface area contributed by atoms with Crippen molar-refractivity contribution in [1.29, 1.82) is 0 Å². The first-order valence-corrected chi connectivity index (χ1v) is 10.6. The van der Waals surface area contributed by atoms with E-state index in [2.05, 4.69) is 31.9 Å². The molecule has 1 aliphatic heterocycles. The van der Waals surface area contributed by atoms with Crippen LogP contribution < -0.4 is 0 Å². The topological polar surface area (TPSA) is 43.2 Å². The molecule has 6 heteroatoms. The molecule has 0 saturated carbocycles. The fourth-order valence-electron chi connectivity index (χ4n) is 2.07. The molecule has 2 atom stereocenters. The Morgan fingerprint density at radius 3 is 2.16 bits per heavy atom. The number of methoxy groups -OCH3 is 2. The largest absolute Gasteiger partial charge is 0.483 e. The quantitative estimate of drug-likeness (QED) is 0.592. The summed E-state index contributed by atoms with van der Waals surface area (Å²) in [4.78, 5) is 9.37. The minimum absolute atomic E-state index is 0.0445. The molecule has 1 aliphatic rings. The maximum Gasteiger partial charge on any atom is 0.209 e. The molecular weight excluding hydrogens is 280 g/mol. The average molecular weight is 305 g/mol. The Morgan fingerprint density at radius 1 is 1.16 bits per heavy atom. The lowest BCUT2D eigenvalue weighted by atomic mass is 10.0. The summed E-state index contributed by atoms with van der Waals surface area (Å²) in [7, 11) is 1.84. The Hall–Kier alpha value is -0.553. The smallest absolute Gasteiger partial charge is 0.209 e. The molecule has 0 N–H and O–H groups in total. The second kappa shape index (κ2) is 6.75. The van der Waals surface area contributed by atoms with Crippen molar-refractivity contribution in [3.8, 4) is 0 Å². The van der Waals surface area contributed by atoms with Crippen molar-refractivity contribution in [2.45, 2.75) is 45.1 Å². The maximum atomic E-state index is 6.05. The molecule has 110 valence electrons. The zero-order chi connectivity index (χ0) is 14.6. The molecule has 0 saturated heterocycles. The third-order valence-electron chi connectivity index (χ3n) is 3.24. The van der Waals surface area contributed by atoms with Gasteiger partial charge in [-0.05, 0) is 12.0 Å². The van der Waals surface area contributed by atoms with Crippen LogP contribution in [0.25, 0.3) is 0 Å². The van der Waals surface area contributed by atoms with Gasteiger partial charge in [0.25, 0.3) is 0 Å². The second-order valence-electron chi connectivity index (χ2n) is 6.05. The maximum absolute atomic E-state index is 6.05. The highest BCUT2D eigenvalue weighted by Gasteiger charge is 2.34. The lowest BCUT2D eigenvalue weighted by Crippen LogP contribution is -2.42. The standard InChI is InChI=1S/C13H25ClN2O2Si/c1-9(2)11-13(18-4)15-10(12(16-11)17-3)7-19(5,6)8-14/h9-11H,7-8H2,1-6H3/t10-,11+/m0/s1. The third kappa shape index (κ3) is 4.21. The number of alkyl halides is 1. The summed E-state index contributed by atoms with van der Waals surface area (Å²) in [5, 5.41) is 0. The van der Waals surface area contributed by atoms with Gasteiger partial charge < -0.3 is 9.47 Å². The van der Waals surface area contributed by atoms with Crippen LogP contribution in [-0.2, 0) is 9.47 Å². The van der Waals surface area contributed by atoms with E-state index >= 15 is 0 Å². The summed E-state index contributed by atoms with van der Waals surface area (Å²) in [6.45, 7) is 8.72. The molecule has 0 aromatic carbocycles. The average Bonchev–Trinajstić information content (AvgIpc) is 2.37. The van der Waals surface area contributed by atoms with Gasteiger partial charge in [0.05, 0.1) is 22.3 Å². The fourth-order valence-corrected chi connectivity index (χ4v) is 3.82. The highest BCUT2D eigenvalue weighted by molar-refractivity contribution is 6.83. The summed E-state index contributed by atoms with van der Waals surface area (Å²) in [6, 6.07) is 0.841. The van der Waals surface area contributed by atoms with E-state index in [9.17, 15) is 0 Å². The number of hydrogen-bond acceptors (Lipinski definition) is 4. The van der Waals surface area contributed by atoms with Crippen LogP contribution in [0.4, 0.5) is 0 Å². The first kappa shape index (κ1) is 16.5. The van der Waals surface area contributed by atoms with Crippen LogP contribution in [0.3, 0.4) is 0 Å². The SMILES string of the molecule is COC1=N[C@H](C(C)C)C(OC)=N[C@H]1C[Si](C)(C)CCl. The lowest BCUT2D eigenvalue weighted by molar-refractivity contribution is 0.335. The summed E-state index contributed by atoms with van der Waals surface area (Å²) in [5.74, 6) is 1.76. The van der Waals surface area contributed by atoms with Gasteiger partial charge in [-0.3, -0.25) is 0 Å². The Kier molecular flexibility index (Phi) is 5.86. The molecule has 1 rings (SSSR count). The molecule has 0 fully saturated rings. The molecule has 0 unspecified atom stereocenters. The summed E-state index contributed by atoms with van der Waals surface area (Å²) in [5.41, 5.74) is 0.714. The summed E-state index contributed by atoms with van der Waals surface area (Å²) < 4.78 is 10.8. The van der Waals surface area contributed by atoms with Crippen molar-refractivity contribution in [3.63, 3.8) is 0 Å². The Bertz CT molecular complexity index is 370. The van der Waals surface area contributed by atoms with E-state index in [1.165, 1.54) is 0 Å². The number of aliphatic imine (C=N–C) groups is 2. The Labute approximate surface area is 122 Å². The second-order valence-corrected chi connectivity index (χ2v) is 11.9. The van der Waals surface area contributed by atoms with Gasteiger partial charge in [0.2, 0.25) is 11.8 Å². The van der Waals surface area contributed by atoms with Crippen molar-refractivity contribution in [2.75, 3.05) is 19.7 Å². The highest BCUT2D eigenvalue weighted by Crippen LogP contribution is 2.23. The minimum Gasteiger partial charge on any atom is -0.483 e. The van der Waals surface area contributed by atoms with Crippen molar-refractivity contribution in [3.05, 3.63) is 0 Å². The molecule has 0 spiro atoms. The molecule has 0 bridgehead atoms. The van der Waals surface area contributed by atoms with Gasteiger partial charge in [0, 0.05) is 5.50 Å². The number of halogens is 1. The van der Waals surface area contributed by atoms with E-state index in [0.29, 0.717) is 23.2 Å². The van der Waals surface area contributed by atoms with Gasteiger partial charge in [-0.25, -0.2) is 9.98 Å². The van der Waals surface area contributed by atoms with Gasteiger partial charge in [0.15, 0.2) is 0 Å². The van der Waals surface area contributed by atoms with Crippen LogP contribution >= 0.6 is 11.6 Å². The summed E-state index contributed by atoms with van der Waals surface area (Å²) in [6.07, 6.45) is 0. The molecule has 0 radical (unpaired) electrons. The normalized spacial score (nSPS) is 24.0. The molecule has 19 heavy (non-hydrogen) atoms. The predicted octanol–water partition coefficient (Wildman–Crippen LogP) is 2.97. The van der Waals surface area contributed by atoms with E-state index in [4.69, 9.17) is 26.1 Å². The van der Waals surface area contributed by atoms with Crippen molar-refractivity contribution >= 4 is 31.5 Å². The minimum atomic E-state index is -1.47. The van der Waals surface area contributed by atoms with E-state index < -0.39 is 8.07 Å². The van der Waals surface area contributed by atoms with Gasteiger partial charge in [-0.2, -0.15) is 0 Å². The van der Waals surface area contributed by atoms with Crippen LogP contribution in [0.5, 0.6) is 0 Å². The highest BCUT2D eigenvalue weighted by atomic mass is 35.5. The van der Waals surface area contributed by atoms with Crippen LogP contribution in [0.15, 0.2) is 9.98 Å². The molecule has 0 aromatic rings. The first-order chi connectivity index (χ1) is 8.84. The number of rotatable bonds is 4. The molecule has 1 heterocycles. The van der Waals surface area contributed by atoms with Crippen LogP contribution in [0.2, 0.25) is 19.1 Å². The van der Waals surface area contributed by atoms with Gasteiger partial charge in [-0.1, -0.05) is 26.9 Å². The van der Waals surface area contributed by atoms with Crippen molar-refractivity contribution < 1.29 is 9.47 Å². The zero-order valence-electron chi connectivity index (χ0n) is 12.7. The number of hydrogen-bond donors (Lipinski definition) is 0. The fraction of sp³-hybridized carbons (Fsp3) is 0.846. The van der Waals surface area contributed by atoms with Crippen LogP contribution in [-0.4, -0.2) is 51.7 Å². The predicted molar refractivity (Wildman–Crippen MR) is 84.3 cm³/mol. The number of nitrogens with zero attached hydrogens (tertiary/aromatic N) is 2. The zero-order valence-corrected chi connectivity index (χ0v) is 14.5. The van der Waals surface area contributed by atoms with Gasteiger partial charge in [-0.15, -0.1) is 11.6 Å². The summed E-state index contributed by atoms with van der Waals surface area (Å²) >= 11 is 6.05. The molecular formula is C13H25ClN2O2Si. The van der Waals surface area contributed by atoms with E-state index in [1.807, 2.05) is 0 Å². The first-order valence-electron chi connectivity index (χ1n) is 6.64. The molecule has 4 nitrogen and oxygen atoms in total. The molecule has 0 amide bonds. The van der Waals surface area contributed by atoms with E-state index in [-0.39, 0.29) is 12.1 Å². The van der Waals surface area contributed by atoms with Crippen LogP contribution in [0.1, 0.15) is 13.8 Å². The molecule has 0 aromatic heterocycles. The molecule has 0 aliphatic carbocycles. The van der Waals surface area contributed by atoms with Crippen LogP contribution in [0, 0.1) is 5.92 Å². The lowest BCUT2D eigenvalue weighted by Gasteiger charge is -2.30. The van der Waals surface area contributed by atoms with E-state index in [0.717, 1.165) is 6.04 Å². The monoisotopic (exact) mass is 304 g/mol. The Morgan fingerprint density at radius 2 is 1.74 bits per heavy atom. The third-order valence-corrected chi connectivity index (χ3v) is 7.63. The Balaban J connectivity index is 2.98. The van der Waals surface area contributed by atoms with E-state index in [1.54, 1.807) is 14.2 Å². The van der Waals surface area contributed by atoms with Crippen molar-refractivity contribution in [2.24, 2.45) is 15.9 Å². The van der Waals surface area contributed by atoms with Gasteiger partial charge >= 0.3 is 0 Å². The van der Waals surface area contributed by atoms with Gasteiger partial charge in [0.1, 0.15) is 12.1 Å². The van der Waals surface area contributed by atoms with Crippen molar-refractivity contribution in [1.82, 2.24) is 0 Å². The number of ether oxygens (including phenoxy) is 2.